The van der Waals surface area contributed by atoms with E-state index in [0.717, 1.165) is 18.9 Å². The van der Waals surface area contributed by atoms with Gasteiger partial charge in [0.1, 0.15) is 5.82 Å². The van der Waals surface area contributed by atoms with E-state index < -0.39 is 29.5 Å². The summed E-state index contributed by atoms with van der Waals surface area (Å²) in [4.78, 5) is 0. The summed E-state index contributed by atoms with van der Waals surface area (Å²) in [7, 11) is 0. The highest BCUT2D eigenvalue weighted by atomic mass is 19.2. The van der Waals surface area contributed by atoms with E-state index in [1.165, 1.54) is 25.0 Å². The van der Waals surface area contributed by atoms with Crippen molar-refractivity contribution in [1.82, 2.24) is 0 Å². The van der Waals surface area contributed by atoms with Crippen molar-refractivity contribution in [2.24, 2.45) is 5.92 Å². The molecule has 1 saturated heterocycles. The third-order valence-electron chi connectivity index (χ3n) is 6.02. The molecule has 6 heteroatoms. The highest BCUT2D eigenvalue weighted by Crippen LogP contribution is 2.33. The van der Waals surface area contributed by atoms with Crippen LogP contribution in [0.25, 0.3) is 22.3 Å². The molecule has 1 aliphatic heterocycles. The molecule has 0 bridgehead atoms. The Balaban J connectivity index is 1.45. The first kappa shape index (κ1) is 23.3. The van der Waals surface area contributed by atoms with Crippen LogP contribution in [-0.4, -0.2) is 18.3 Å². The van der Waals surface area contributed by atoms with Crippen LogP contribution in [0.2, 0.25) is 0 Å². The van der Waals surface area contributed by atoms with E-state index in [-0.39, 0.29) is 5.56 Å². The van der Waals surface area contributed by atoms with Gasteiger partial charge >= 0.3 is 0 Å². The van der Waals surface area contributed by atoms with Gasteiger partial charge < -0.3 is 14.6 Å². The van der Waals surface area contributed by atoms with Crippen LogP contribution in [-0.2, 0) is 9.47 Å². The van der Waals surface area contributed by atoms with Crippen molar-refractivity contribution in [2.75, 3.05) is 13.2 Å². The van der Waals surface area contributed by atoms with Crippen LogP contribution in [0.15, 0.2) is 54.6 Å². The molecule has 0 spiro atoms. The van der Waals surface area contributed by atoms with Gasteiger partial charge in [-0.15, -0.1) is 0 Å². The van der Waals surface area contributed by atoms with E-state index in [9.17, 15) is 18.3 Å². The van der Waals surface area contributed by atoms with Gasteiger partial charge in [0.2, 0.25) is 5.82 Å². The normalized spacial score (nSPS) is 18.4. The summed E-state index contributed by atoms with van der Waals surface area (Å²) in [6, 6.07) is 13.7. The Morgan fingerprint density at radius 2 is 1.45 bits per heavy atom. The van der Waals surface area contributed by atoms with Gasteiger partial charge in [0.05, 0.1) is 13.2 Å². The molecule has 0 aromatic heterocycles. The van der Waals surface area contributed by atoms with Gasteiger partial charge in [0, 0.05) is 22.6 Å². The zero-order valence-corrected chi connectivity index (χ0v) is 18.5. The molecule has 0 aliphatic carbocycles. The molecule has 174 valence electrons. The molecule has 0 unspecified atom stereocenters. The van der Waals surface area contributed by atoms with Gasteiger partial charge in [-0.25, -0.2) is 8.78 Å². The van der Waals surface area contributed by atoms with E-state index >= 15 is 0 Å². The van der Waals surface area contributed by atoms with Crippen LogP contribution in [0.3, 0.4) is 0 Å². The lowest BCUT2D eigenvalue weighted by Crippen LogP contribution is -2.27. The number of aromatic hydroxyl groups is 1. The minimum absolute atomic E-state index is 0.0206. The molecule has 1 aliphatic rings. The lowest BCUT2D eigenvalue weighted by Gasteiger charge is -2.29. The number of hydrogen-bond acceptors (Lipinski definition) is 3. The Morgan fingerprint density at radius 3 is 2.09 bits per heavy atom. The molecule has 0 radical (unpaired) electrons. The van der Waals surface area contributed by atoms with Crippen molar-refractivity contribution >= 4 is 0 Å². The molecule has 3 aromatic carbocycles. The molecule has 4 rings (SSSR count). The summed E-state index contributed by atoms with van der Waals surface area (Å²) in [5.74, 6) is -3.20. The van der Waals surface area contributed by atoms with E-state index in [1.54, 1.807) is 36.4 Å². The number of benzene rings is 3. The molecule has 0 atom stereocenters. The fraction of sp³-hybridized carbons (Fsp3) is 0.333. The molecule has 1 heterocycles. The van der Waals surface area contributed by atoms with Crippen molar-refractivity contribution < 1.29 is 27.8 Å². The second kappa shape index (κ2) is 10.4. The van der Waals surface area contributed by atoms with Crippen molar-refractivity contribution in [1.29, 1.82) is 0 Å². The number of halogens is 3. The maximum absolute atomic E-state index is 14.9. The molecule has 3 aromatic rings. The fourth-order valence-corrected chi connectivity index (χ4v) is 4.09. The first-order chi connectivity index (χ1) is 16.0. The molecule has 0 amide bonds. The molecule has 33 heavy (non-hydrogen) atoms. The molecule has 3 nitrogen and oxygen atoms in total. The average Bonchev–Trinajstić information content (AvgIpc) is 2.83. The van der Waals surface area contributed by atoms with Gasteiger partial charge in [0.15, 0.2) is 17.9 Å². The van der Waals surface area contributed by atoms with Crippen LogP contribution in [0.4, 0.5) is 13.2 Å². The summed E-state index contributed by atoms with van der Waals surface area (Å²) in [5.41, 5.74) is 2.05. The van der Waals surface area contributed by atoms with Gasteiger partial charge in [-0.05, 0) is 35.7 Å². The SMILES string of the molecule is CCCCCC1COC(c2ccc(-c3ccc(-c4ccc(O)c(F)c4F)cc3)c(F)c2)OC1. The van der Waals surface area contributed by atoms with Gasteiger partial charge in [0.25, 0.3) is 0 Å². The summed E-state index contributed by atoms with van der Waals surface area (Å²) < 4.78 is 54.4. The summed E-state index contributed by atoms with van der Waals surface area (Å²) >= 11 is 0. The smallest absolute Gasteiger partial charge is 0.200 e. The number of hydrogen-bond donors (Lipinski definition) is 1. The lowest BCUT2D eigenvalue weighted by molar-refractivity contribution is -0.206. The van der Waals surface area contributed by atoms with Gasteiger partial charge in [-0.1, -0.05) is 62.6 Å². The second-order valence-electron chi connectivity index (χ2n) is 8.44. The number of rotatable bonds is 7. The predicted octanol–water partition coefficient (Wildman–Crippen LogP) is 7.39. The van der Waals surface area contributed by atoms with E-state index in [0.29, 0.717) is 41.4 Å². The van der Waals surface area contributed by atoms with Crippen molar-refractivity contribution in [3.8, 4) is 28.0 Å². The minimum atomic E-state index is -1.29. The highest BCUT2D eigenvalue weighted by Gasteiger charge is 2.24. The van der Waals surface area contributed by atoms with Crippen molar-refractivity contribution in [3.63, 3.8) is 0 Å². The Kier molecular flexibility index (Phi) is 7.36. The van der Waals surface area contributed by atoms with Gasteiger partial charge in [-0.3, -0.25) is 0 Å². The predicted molar refractivity (Wildman–Crippen MR) is 121 cm³/mol. The van der Waals surface area contributed by atoms with E-state index in [2.05, 4.69) is 6.92 Å². The van der Waals surface area contributed by atoms with Crippen LogP contribution in [0, 0.1) is 23.4 Å². The lowest BCUT2D eigenvalue weighted by atomic mass is 9.98. The number of ether oxygens (including phenoxy) is 2. The number of phenolic OH excluding ortho intramolecular Hbond substituents is 1. The third kappa shape index (κ3) is 5.23. The molecule has 1 N–H and O–H groups in total. The average molecular weight is 457 g/mol. The summed E-state index contributed by atoms with van der Waals surface area (Å²) in [6.07, 6.45) is 4.04. The molecule has 0 saturated carbocycles. The van der Waals surface area contributed by atoms with E-state index in [1.807, 2.05) is 0 Å². The largest absolute Gasteiger partial charge is 0.505 e. The Labute approximate surface area is 191 Å². The highest BCUT2D eigenvalue weighted by molar-refractivity contribution is 5.71. The van der Waals surface area contributed by atoms with E-state index in [4.69, 9.17) is 9.47 Å². The maximum Gasteiger partial charge on any atom is 0.200 e. The number of unbranched alkanes of at least 4 members (excludes halogenated alkanes) is 2. The topological polar surface area (TPSA) is 38.7 Å². The zero-order valence-electron chi connectivity index (χ0n) is 18.5. The first-order valence-electron chi connectivity index (χ1n) is 11.3. The molecule has 1 fully saturated rings. The quantitative estimate of drug-likeness (QED) is 0.377. The van der Waals surface area contributed by atoms with Crippen LogP contribution >= 0.6 is 0 Å². The maximum atomic E-state index is 14.9. The summed E-state index contributed by atoms with van der Waals surface area (Å²) in [5, 5.41) is 9.29. The number of phenols is 1. The Bertz CT molecular complexity index is 1090. The standard InChI is InChI=1S/C27H27F3O3/c1-2-3-4-5-17-15-32-27(33-16-17)20-10-11-21(23(28)14-20)18-6-8-19(9-7-18)22-12-13-24(31)26(30)25(22)29/h6-14,17,27,31H,2-5,15-16H2,1H3. The van der Waals surface area contributed by atoms with Crippen molar-refractivity contribution in [2.45, 2.75) is 38.9 Å². The van der Waals surface area contributed by atoms with Crippen molar-refractivity contribution in [3.05, 3.63) is 77.6 Å². The van der Waals surface area contributed by atoms with Crippen LogP contribution < -0.4 is 0 Å². The summed E-state index contributed by atoms with van der Waals surface area (Å²) in [6.45, 7) is 3.38. The monoisotopic (exact) mass is 456 g/mol. The minimum Gasteiger partial charge on any atom is -0.505 e. The first-order valence-corrected chi connectivity index (χ1v) is 11.3. The van der Waals surface area contributed by atoms with Crippen LogP contribution in [0.1, 0.15) is 44.5 Å². The van der Waals surface area contributed by atoms with Crippen LogP contribution in [0.5, 0.6) is 5.75 Å². The molecular formula is C27H27F3O3. The second-order valence-corrected chi connectivity index (χ2v) is 8.44. The zero-order chi connectivity index (χ0) is 23.4. The third-order valence-corrected chi connectivity index (χ3v) is 6.02. The Morgan fingerprint density at radius 1 is 0.818 bits per heavy atom. The van der Waals surface area contributed by atoms with Gasteiger partial charge in [-0.2, -0.15) is 4.39 Å². The Hall–Kier alpha value is -2.83. The fourth-order valence-electron chi connectivity index (χ4n) is 4.09. The molecular weight excluding hydrogens is 429 g/mol.